The summed E-state index contributed by atoms with van der Waals surface area (Å²) in [6.45, 7) is 4.07. The minimum atomic E-state index is 0.693. The van der Waals surface area contributed by atoms with E-state index < -0.39 is 0 Å². The molecule has 2 rings (SSSR count). The third kappa shape index (κ3) is 2.40. The number of rotatable bonds is 2. The second-order valence-corrected chi connectivity index (χ2v) is 4.36. The van der Waals surface area contributed by atoms with Crippen molar-refractivity contribution in [1.82, 2.24) is 4.98 Å². The lowest BCUT2D eigenvalue weighted by molar-refractivity contribution is 0.112. The van der Waals surface area contributed by atoms with Gasteiger partial charge in [0.25, 0.3) is 0 Å². The Bertz CT molecular complexity index is 368. The molecule has 0 saturated carbocycles. The number of aromatic nitrogens is 1. The van der Waals surface area contributed by atoms with Crippen molar-refractivity contribution in [2.24, 2.45) is 0 Å². The van der Waals surface area contributed by atoms with Crippen LogP contribution in [0.3, 0.4) is 0 Å². The van der Waals surface area contributed by atoms with Crippen LogP contribution in [0.15, 0.2) is 12.1 Å². The summed E-state index contributed by atoms with van der Waals surface area (Å²) in [7, 11) is 0. The molecule has 0 unspecified atom stereocenters. The standard InChI is InChI=1S/C13H18N2O/c1-11-12(10-16)6-7-13(14-11)15-8-4-2-3-5-9-15/h6-7,10H,2-5,8-9H2,1H3. The van der Waals surface area contributed by atoms with Crippen molar-refractivity contribution in [3.05, 3.63) is 23.4 Å². The highest BCUT2D eigenvalue weighted by atomic mass is 16.1. The van der Waals surface area contributed by atoms with Gasteiger partial charge in [0.2, 0.25) is 0 Å². The Morgan fingerprint density at radius 1 is 1.19 bits per heavy atom. The molecule has 0 atom stereocenters. The van der Waals surface area contributed by atoms with Gasteiger partial charge in [-0.3, -0.25) is 4.79 Å². The van der Waals surface area contributed by atoms with E-state index in [0.717, 1.165) is 30.9 Å². The van der Waals surface area contributed by atoms with Gasteiger partial charge in [0.05, 0.1) is 5.69 Å². The summed E-state index contributed by atoms with van der Waals surface area (Å²) in [4.78, 5) is 17.5. The van der Waals surface area contributed by atoms with E-state index in [4.69, 9.17) is 0 Å². The van der Waals surface area contributed by atoms with Crippen LogP contribution in [-0.4, -0.2) is 24.4 Å². The van der Waals surface area contributed by atoms with Crippen molar-refractivity contribution in [2.75, 3.05) is 18.0 Å². The van der Waals surface area contributed by atoms with Gasteiger partial charge in [0.15, 0.2) is 6.29 Å². The van der Waals surface area contributed by atoms with E-state index in [1.165, 1.54) is 25.7 Å². The molecule has 1 fully saturated rings. The topological polar surface area (TPSA) is 33.2 Å². The van der Waals surface area contributed by atoms with Gasteiger partial charge in [0, 0.05) is 18.7 Å². The van der Waals surface area contributed by atoms with Crippen LogP contribution < -0.4 is 4.90 Å². The van der Waals surface area contributed by atoms with Crippen LogP contribution in [0.1, 0.15) is 41.7 Å². The number of carbonyl (C=O) groups excluding carboxylic acids is 1. The van der Waals surface area contributed by atoms with Gasteiger partial charge < -0.3 is 4.90 Å². The van der Waals surface area contributed by atoms with Crippen molar-refractivity contribution in [1.29, 1.82) is 0 Å². The maximum absolute atomic E-state index is 10.7. The summed E-state index contributed by atoms with van der Waals surface area (Å²) in [5.41, 5.74) is 1.52. The molecule has 2 heterocycles. The lowest BCUT2D eigenvalue weighted by Gasteiger charge is -2.21. The molecule has 3 heteroatoms. The van der Waals surface area contributed by atoms with E-state index in [0.29, 0.717) is 5.56 Å². The predicted octanol–water partition coefficient (Wildman–Crippen LogP) is 2.58. The highest BCUT2D eigenvalue weighted by Crippen LogP contribution is 2.18. The van der Waals surface area contributed by atoms with Crippen LogP contribution in [0.25, 0.3) is 0 Å². The first kappa shape index (κ1) is 11.1. The molecule has 1 aromatic heterocycles. The van der Waals surface area contributed by atoms with Crippen molar-refractivity contribution in [3.63, 3.8) is 0 Å². The first-order chi connectivity index (χ1) is 7.81. The number of pyridine rings is 1. The molecule has 86 valence electrons. The Kier molecular flexibility index (Phi) is 3.54. The fraction of sp³-hybridized carbons (Fsp3) is 0.538. The van der Waals surface area contributed by atoms with E-state index in [1.54, 1.807) is 0 Å². The average molecular weight is 218 g/mol. The molecule has 1 aliphatic rings. The molecule has 0 aliphatic carbocycles. The molecule has 1 aromatic rings. The smallest absolute Gasteiger partial charge is 0.151 e. The fourth-order valence-corrected chi connectivity index (χ4v) is 2.16. The zero-order valence-electron chi connectivity index (χ0n) is 9.78. The maximum Gasteiger partial charge on any atom is 0.151 e. The summed E-state index contributed by atoms with van der Waals surface area (Å²) < 4.78 is 0. The Morgan fingerprint density at radius 3 is 2.44 bits per heavy atom. The van der Waals surface area contributed by atoms with Crippen molar-refractivity contribution in [3.8, 4) is 0 Å². The first-order valence-electron chi connectivity index (χ1n) is 5.99. The quantitative estimate of drug-likeness (QED) is 0.715. The summed E-state index contributed by atoms with van der Waals surface area (Å²) in [6.07, 6.45) is 6.00. The Hall–Kier alpha value is -1.38. The number of hydrogen-bond acceptors (Lipinski definition) is 3. The highest BCUT2D eigenvalue weighted by molar-refractivity contribution is 5.76. The number of carbonyl (C=O) groups is 1. The van der Waals surface area contributed by atoms with Crippen LogP contribution in [0.5, 0.6) is 0 Å². The van der Waals surface area contributed by atoms with Crippen molar-refractivity contribution < 1.29 is 4.79 Å². The number of aldehydes is 1. The SMILES string of the molecule is Cc1nc(N2CCCCCC2)ccc1C=O. The van der Waals surface area contributed by atoms with Gasteiger partial charge in [-0.2, -0.15) is 0 Å². The monoisotopic (exact) mass is 218 g/mol. The van der Waals surface area contributed by atoms with E-state index in [9.17, 15) is 4.79 Å². The molecule has 16 heavy (non-hydrogen) atoms. The van der Waals surface area contributed by atoms with Gasteiger partial charge in [-0.25, -0.2) is 4.98 Å². The van der Waals surface area contributed by atoms with Crippen LogP contribution in [-0.2, 0) is 0 Å². The Balaban J connectivity index is 2.19. The normalized spacial score (nSPS) is 16.9. The van der Waals surface area contributed by atoms with Gasteiger partial charge >= 0.3 is 0 Å². The number of nitrogens with zero attached hydrogens (tertiary/aromatic N) is 2. The number of aryl methyl sites for hydroxylation is 1. The van der Waals surface area contributed by atoms with Crippen LogP contribution in [0.4, 0.5) is 5.82 Å². The van der Waals surface area contributed by atoms with E-state index in [-0.39, 0.29) is 0 Å². The van der Waals surface area contributed by atoms with Gasteiger partial charge in [-0.05, 0) is 31.9 Å². The lowest BCUT2D eigenvalue weighted by Crippen LogP contribution is -2.25. The molecule has 0 N–H and O–H groups in total. The molecule has 0 amide bonds. The molecule has 0 radical (unpaired) electrons. The van der Waals surface area contributed by atoms with Gasteiger partial charge in [-0.1, -0.05) is 12.8 Å². The molecule has 0 spiro atoms. The van der Waals surface area contributed by atoms with Crippen LogP contribution >= 0.6 is 0 Å². The van der Waals surface area contributed by atoms with Crippen molar-refractivity contribution >= 4 is 12.1 Å². The van der Waals surface area contributed by atoms with E-state index in [1.807, 2.05) is 19.1 Å². The summed E-state index contributed by atoms with van der Waals surface area (Å²) in [5, 5.41) is 0. The summed E-state index contributed by atoms with van der Waals surface area (Å²) in [5.74, 6) is 1.02. The molecule has 1 aliphatic heterocycles. The predicted molar refractivity (Wildman–Crippen MR) is 65.0 cm³/mol. The highest BCUT2D eigenvalue weighted by Gasteiger charge is 2.11. The van der Waals surface area contributed by atoms with Crippen molar-refractivity contribution in [2.45, 2.75) is 32.6 Å². The largest absolute Gasteiger partial charge is 0.357 e. The average Bonchev–Trinajstić information content (AvgIpc) is 2.57. The molecule has 3 nitrogen and oxygen atoms in total. The minimum Gasteiger partial charge on any atom is -0.357 e. The third-order valence-corrected chi connectivity index (χ3v) is 3.17. The Labute approximate surface area is 96.5 Å². The molecule has 0 aromatic carbocycles. The Morgan fingerprint density at radius 2 is 1.88 bits per heavy atom. The van der Waals surface area contributed by atoms with E-state index >= 15 is 0 Å². The number of anilines is 1. The second kappa shape index (κ2) is 5.10. The zero-order valence-corrected chi connectivity index (χ0v) is 9.78. The number of hydrogen-bond donors (Lipinski definition) is 0. The molecule has 0 bridgehead atoms. The minimum absolute atomic E-state index is 0.693. The van der Waals surface area contributed by atoms with E-state index in [2.05, 4.69) is 9.88 Å². The summed E-state index contributed by atoms with van der Waals surface area (Å²) in [6, 6.07) is 3.83. The zero-order chi connectivity index (χ0) is 11.4. The molecule has 1 saturated heterocycles. The first-order valence-corrected chi connectivity index (χ1v) is 5.99. The van der Waals surface area contributed by atoms with Crippen LogP contribution in [0, 0.1) is 6.92 Å². The maximum atomic E-state index is 10.7. The van der Waals surface area contributed by atoms with Gasteiger partial charge in [-0.15, -0.1) is 0 Å². The van der Waals surface area contributed by atoms with Gasteiger partial charge in [0.1, 0.15) is 5.82 Å². The molecular formula is C13H18N2O. The third-order valence-electron chi connectivity index (χ3n) is 3.17. The lowest BCUT2D eigenvalue weighted by atomic mass is 10.2. The van der Waals surface area contributed by atoms with Crippen LogP contribution in [0.2, 0.25) is 0 Å². The molecular weight excluding hydrogens is 200 g/mol. The summed E-state index contributed by atoms with van der Waals surface area (Å²) >= 11 is 0. The fourth-order valence-electron chi connectivity index (χ4n) is 2.16. The second-order valence-electron chi connectivity index (χ2n) is 4.36.